The van der Waals surface area contributed by atoms with Crippen LogP contribution in [-0.2, 0) is 5.88 Å². The van der Waals surface area contributed by atoms with Gasteiger partial charge in [0.25, 0.3) is 0 Å². The van der Waals surface area contributed by atoms with Gasteiger partial charge in [0.1, 0.15) is 11.6 Å². The SMILES string of the molecule is Cc1ccc(-n2c(CCl)nc3ccccc32)cc1F. The molecule has 19 heavy (non-hydrogen) atoms. The summed E-state index contributed by atoms with van der Waals surface area (Å²) in [5.41, 5.74) is 3.16. The van der Waals surface area contributed by atoms with E-state index in [1.165, 1.54) is 6.07 Å². The van der Waals surface area contributed by atoms with Crippen molar-refractivity contribution < 1.29 is 4.39 Å². The van der Waals surface area contributed by atoms with Crippen LogP contribution in [0, 0.1) is 12.7 Å². The van der Waals surface area contributed by atoms with E-state index in [9.17, 15) is 4.39 Å². The molecule has 0 spiro atoms. The molecular formula is C15H12ClFN2. The summed E-state index contributed by atoms with van der Waals surface area (Å²) in [6.45, 7) is 1.74. The second-order valence-corrected chi connectivity index (χ2v) is 4.69. The van der Waals surface area contributed by atoms with Crippen molar-refractivity contribution in [3.8, 4) is 5.69 Å². The lowest BCUT2D eigenvalue weighted by atomic mass is 10.2. The Balaban J connectivity index is 2.31. The smallest absolute Gasteiger partial charge is 0.129 e. The van der Waals surface area contributed by atoms with E-state index in [2.05, 4.69) is 4.98 Å². The lowest BCUT2D eigenvalue weighted by molar-refractivity contribution is 0.617. The molecule has 3 rings (SSSR count). The molecule has 0 aliphatic carbocycles. The van der Waals surface area contributed by atoms with Crippen LogP contribution < -0.4 is 0 Å². The van der Waals surface area contributed by atoms with Crippen molar-refractivity contribution in [3.63, 3.8) is 0 Å². The highest BCUT2D eigenvalue weighted by Gasteiger charge is 2.12. The number of hydrogen-bond acceptors (Lipinski definition) is 1. The summed E-state index contributed by atoms with van der Waals surface area (Å²) in [5, 5.41) is 0. The molecule has 0 saturated heterocycles. The number of benzene rings is 2. The zero-order valence-electron chi connectivity index (χ0n) is 10.4. The Bertz CT molecular complexity index is 749. The van der Waals surface area contributed by atoms with E-state index in [0.717, 1.165) is 16.7 Å². The third-order valence-corrected chi connectivity index (χ3v) is 3.40. The summed E-state index contributed by atoms with van der Waals surface area (Å²) in [5.74, 6) is 0.770. The lowest BCUT2D eigenvalue weighted by Gasteiger charge is -2.08. The second kappa shape index (κ2) is 4.67. The topological polar surface area (TPSA) is 17.8 Å². The molecule has 0 unspecified atom stereocenters. The van der Waals surface area contributed by atoms with E-state index >= 15 is 0 Å². The Hall–Kier alpha value is -1.87. The van der Waals surface area contributed by atoms with Crippen LogP contribution >= 0.6 is 11.6 Å². The molecule has 0 aliphatic heterocycles. The number of fused-ring (bicyclic) bond motifs is 1. The number of alkyl halides is 1. The van der Waals surface area contributed by atoms with Crippen molar-refractivity contribution >= 4 is 22.6 Å². The van der Waals surface area contributed by atoms with Crippen molar-refractivity contribution in [1.29, 1.82) is 0 Å². The molecule has 1 aromatic heterocycles. The third-order valence-electron chi connectivity index (χ3n) is 3.16. The molecule has 0 amide bonds. The molecule has 0 N–H and O–H groups in total. The first-order valence-corrected chi connectivity index (χ1v) is 6.53. The van der Waals surface area contributed by atoms with Crippen LogP contribution in [0.2, 0.25) is 0 Å². The van der Waals surface area contributed by atoms with Crippen LogP contribution in [0.25, 0.3) is 16.7 Å². The van der Waals surface area contributed by atoms with Gasteiger partial charge in [-0.15, -0.1) is 11.6 Å². The average Bonchev–Trinajstić information content (AvgIpc) is 2.80. The zero-order chi connectivity index (χ0) is 13.4. The normalized spacial score (nSPS) is 11.1. The van der Waals surface area contributed by atoms with Gasteiger partial charge in [-0.05, 0) is 36.8 Å². The number of para-hydroxylation sites is 2. The molecule has 2 nitrogen and oxygen atoms in total. The lowest BCUT2D eigenvalue weighted by Crippen LogP contribution is -2.00. The number of halogens is 2. The predicted molar refractivity (Wildman–Crippen MR) is 75.3 cm³/mol. The van der Waals surface area contributed by atoms with Gasteiger partial charge in [-0.2, -0.15) is 0 Å². The molecule has 0 aliphatic rings. The molecule has 1 heterocycles. The van der Waals surface area contributed by atoms with Gasteiger partial charge in [-0.1, -0.05) is 18.2 Å². The highest BCUT2D eigenvalue weighted by atomic mass is 35.5. The van der Waals surface area contributed by atoms with E-state index < -0.39 is 0 Å². The minimum absolute atomic E-state index is 0.226. The fourth-order valence-electron chi connectivity index (χ4n) is 2.17. The van der Waals surface area contributed by atoms with Gasteiger partial charge < -0.3 is 0 Å². The molecule has 3 aromatic rings. The van der Waals surface area contributed by atoms with E-state index in [1.54, 1.807) is 13.0 Å². The Morgan fingerprint density at radius 3 is 2.74 bits per heavy atom. The van der Waals surface area contributed by atoms with E-state index in [4.69, 9.17) is 11.6 Å². The maximum absolute atomic E-state index is 13.7. The van der Waals surface area contributed by atoms with Gasteiger partial charge in [0.15, 0.2) is 0 Å². The maximum atomic E-state index is 13.7. The van der Waals surface area contributed by atoms with Crippen LogP contribution in [0.15, 0.2) is 42.5 Å². The van der Waals surface area contributed by atoms with Gasteiger partial charge >= 0.3 is 0 Å². The van der Waals surface area contributed by atoms with Crippen molar-refractivity contribution in [2.24, 2.45) is 0 Å². The summed E-state index contributed by atoms with van der Waals surface area (Å²) in [4.78, 5) is 4.47. The first-order chi connectivity index (χ1) is 9.20. The molecule has 0 saturated carbocycles. The van der Waals surface area contributed by atoms with Crippen molar-refractivity contribution in [1.82, 2.24) is 9.55 Å². The minimum Gasteiger partial charge on any atom is -0.295 e. The maximum Gasteiger partial charge on any atom is 0.129 e. The summed E-state index contributed by atoms with van der Waals surface area (Å²) in [6, 6.07) is 12.9. The van der Waals surface area contributed by atoms with E-state index in [0.29, 0.717) is 11.4 Å². The molecule has 0 atom stereocenters. The van der Waals surface area contributed by atoms with Crippen LogP contribution in [0.1, 0.15) is 11.4 Å². The monoisotopic (exact) mass is 274 g/mol. The number of nitrogens with zero attached hydrogens (tertiary/aromatic N) is 2. The highest BCUT2D eigenvalue weighted by molar-refractivity contribution is 6.17. The first-order valence-electron chi connectivity index (χ1n) is 5.99. The molecule has 96 valence electrons. The number of aryl methyl sites for hydroxylation is 1. The van der Waals surface area contributed by atoms with E-state index in [-0.39, 0.29) is 11.7 Å². The van der Waals surface area contributed by atoms with Gasteiger partial charge in [0.05, 0.1) is 22.6 Å². The molecule has 0 radical (unpaired) electrons. The zero-order valence-corrected chi connectivity index (χ0v) is 11.2. The summed E-state index contributed by atoms with van der Waals surface area (Å²) in [7, 11) is 0. The van der Waals surface area contributed by atoms with Crippen LogP contribution in [0.4, 0.5) is 4.39 Å². The number of aromatic nitrogens is 2. The average molecular weight is 275 g/mol. The second-order valence-electron chi connectivity index (χ2n) is 4.42. The predicted octanol–water partition coefficient (Wildman–Crippen LogP) is 4.21. The van der Waals surface area contributed by atoms with Gasteiger partial charge in [0, 0.05) is 0 Å². The third kappa shape index (κ3) is 2.00. The van der Waals surface area contributed by atoms with Crippen molar-refractivity contribution in [2.75, 3.05) is 0 Å². The summed E-state index contributed by atoms with van der Waals surface area (Å²) < 4.78 is 15.6. The highest BCUT2D eigenvalue weighted by Crippen LogP contribution is 2.23. The number of imidazole rings is 1. The Morgan fingerprint density at radius 2 is 2.00 bits per heavy atom. The Morgan fingerprint density at radius 1 is 1.21 bits per heavy atom. The minimum atomic E-state index is -0.226. The van der Waals surface area contributed by atoms with Crippen LogP contribution in [0.3, 0.4) is 0 Å². The number of rotatable bonds is 2. The summed E-state index contributed by atoms with van der Waals surface area (Å²) in [6.07, 6.45) is 0. The Kier molecular flexibility index (Phi) is 2.99. The summed E-state index contributed by atoms with van der Waals surface area (Å²) >= 11 is 5.95. The fraction of sp³-hybridized carbons (Fsp3) is 0.133. The van der Waals surface area contributed by atoms with Crippen molar-refractivity contribution in [3.05, 3.63) is 59.7 Å². The largest absolute Gasteiger partial charge is 0.295 e. The quantitative estimate of drug-likeness (QED) is 0.640. The molecular weight excluding hydrogens is 263 g/mol. The molecule has 2 aromatic carbocycles. The molecule has 4 heteroatoms. The van der Waals surface area contributed by atoms with Crippen molar-refractivity contribution in [2.45, 2.75) is 12.8 Å². The van der Waals surface area contributed by atoms with E-state index in [1.807, 2.05) is 34.9 Å². The van der Waals surface area contributed by atoms with Gasteiger partial charge in [-0.3, -0.25) is 4.57 Å². The Labute approximate surface area is 115 Å². The molecule has 0 fully saturated rings. The van der Waals surface area contributed by atoms with Gasteiger partial charge in [0.2, 0.25) is 0 Å². The number of hydrogen-bond donors (Lipinski definition) is 0. The fourth-order valence-corrected chi connectivity index (χ4v) is 2.35. The standard InChI is InChI=1S/C15H12ClFN2/c1-10-6-7-11(8-12(10)17)19-14-5-3-2-4-13(14)18-15(19)9-16/h2-8H,9H2,1H3. The van der Waals surface area contributed by atoms with Gasteiger partial charge in [-0.25, -0.2) is 9.37 Å². The first kappa shape index (κ1) is 12.2. The molecule has 0 bridgehead atoms. The van der Waals surface area contributed by atoms with Crippen LogP contribution in [-0.4, -0.2) is 9.55 Å². The van der Waals surface area contributed by atoms with Crippen LogP contribution in [0.5, 0.6) is 0 Å².